The summed E-state index contributed by atoms with van der Waals surface area (Å²) in [6, 6.07) is 61.6. The molecule has 3 heterocycles. The van der Waals surface area contributed by atoms with E-state index in [1.165, 1.54) is 45.0 Å². The van der Waals surface area contributed by atoms with Gasteiger partial charge in [0.15, 0.2) is 0 Å². The van der Waals surface area contributed by atoms with Crippen LogP contribution in [-0.2, 0) is 10.8 Å². The lowest BCUT2D eigenvalue weighted by atomic mass is 9.73. The van der Waals surface area contributed by atoms with Crippen molar-refractivity contribution >= 4 is 68.4 Å². The number of nitriles is 2. The lowest BCUT2D eigenvalue weighted by Crippen LogP contribution is -2.30. The Morgan fingerprint density at radius 1 is 0.394 bits per heavy atom. The molecule has 9 aromatic rings. The Morgan fingerprint density at radius 3 is 1.03 bits per heavy atom. The molecule has 1 aromatic heterocycles. The molecule has 0 spiro atoms. The Hall–Kier alpha value is -7.62. The van der Waals surface area contributed by atoms with Gasteiger partial charge >= 0.3 is 0 Å². The normalized spacial score (nSPS) is 14.3. The molecule has 0 fully saturated rings. The minimum atomic E-state index is -0.147. The van der Waals surface area contributed by atoms with Crippen molar-refractivity contribution in [3.05, 3.63) is 192 Å². The first-order valence-electron chi connectivity index (χ1n) is 22.0. The Labute approximate surface area is 392 Å². The van der Waals surface area contributed by atoms with Crippen molar-refractivity contribution in [1.29, 1.82) is 10.5 Å². The van der Waals surface area contributed by atoms with Crippen LogP contribution in [-0.4, -0.2) is 9.97 Å². The SMILES string of the molecule is CC1(C)c2ccccc2N(c2ccc(-c3ccc4c5c(ccc(-c6ccc(N7c8ccccc8C(C)(C)c8ccccc87)cc6)c35)-c3nc(SC#N)c(SC#N)nc3-4)cc2)c2ccccc21. The third-order valence-corrected chi connectivity index (χ3v) is 15.2. The zero-order valence-corrected chi connectivity index (χ0v) is 38.3. The average Bonchev–Trinajstić information content (AvgIpc) is 3.65. The van der Waals surface area contributed by atoms with E-state index in [1.54, 1.807) is 0 Å². The van der Waals surface area contributed by atoms with Crippen molar-refractivity contribution in [3.8, 4) is 55.6 Å². The molecule has 1 aliphatic carbocycles. The maximum atomic E-state index is 9.70. The maximum absolute atomic E-state index is 9.70. The van der Waals surface area contributed by atoms with Gasteiger partial charge in [-0.1, -0.05) is 149 Å². The molecule has 8 aromatic carbocycles. The number of benzene rings is 8. The van der Waals surface area contributed by atoms with Gasteiger partial charge in [-0.15, -0.1) is 0 Å². The molecule has 0 atom stereocenters. The van der Waals surface area contributed by atoms with Gasteiger partial charge in [-0.05, 0) is 98.4 Å². The van der Waals surface area contributed by atoms with Crippen LogP contribution in [0.5, 0.6) is 0 Å². The number of anilines is 6. The minimum absolute atomic E-state index is 0.147. The van der Waals surface area contributed by atoms with Crippen LogP contribution in [0, 0.1) is 21.3 Å². The van der Waals surface area contributed by atoms with E-state index in [0.29, 0.717) is 10.1 Å². The second-order valence-electron chi connectivity index (χ2n) is 18.1. The molecule has 8 heteroatoms. The monoisotopic (exact) mass is 884 g/mol. The number of hydrogen-bond donors (Lipinski definition) is 0. The van der Waals surface area contributed by atoms with Crippen LogP contribution in [0.15, 0.2) is 180 Å². The standard InChI is InChI=1S/C58H40N6S2/c1-57(2)43-13-5-9-17-47(43)63(48-18-10-6-14-44(48)57)37-25-21-35(22-26-37)39-29-31-41-52-42(54-53(41)61-55(65-33-59)56(62-54)66-34-60)32-30-40(51(39)52)36-23-27-38(28-24-36)64-49-19-11-7-15-45(49)58(3,4)46-16-8-12-20-50(46)64/h5-32H,1-4H3. The fourth-order valence-electron chi connectivity index (χ4n) is 10.8. The number of para-hydroxylation sites is 4. The van der Waals surface area contributed by atoms with E-state index in [9.17, 15) is 10.5 Å². The van der Waals surface area contributed by atoms with E-state index in [0.717, 1.165) is 90.4 Å². The molecule has 3 aliphatic rings. The first-order valence-corrected chi connectivity index (χ1v) is 23.7. The molecule has 0 amide bonds. The topological polar surface area (TPSA) is 79.8 Å². The largest absolute Gasteiger partial charge is 0.310 e. The number of fused-ring (bicyclic) bond motifs is 7. The zero-order chi connectivity index (χ0) is 44.9. The number of nitrogens with zero attached hydrogens (tertiary/aromatic N) is 6. The number of thioether (sulfide) groups is 2. The van der Waals surface area contributed by atoms with Crippen LogP contribution in [0.2, 0.25) is 0 Å². The summed E-state index contributed by atoms with van der Waals surface area (Å²) < 4.78 is 0. The third kappa shape index (κ3) is 5.82. The number of rotatable bonds is 6. The quantitative estimate of drug-likeness (QED) is 0.121. The molecular weight excluding hydrogens is 845 g/mol. The van der Waals surface area contributed by atoms with Crippen molar-refractivity contribution < 1.29 is 0 Å². The van der Waals surface area contributed by atoms with Crippen LogP contribution in [0.4, 0.5) is 34.1 Å². The first kappa shape index (κ1) is 39.9. The fraction of sp³-hybridized carbons (Fsp3) is 0.103. The lowest BCUT2D eigenvalue weighted by molar-refractivity contribution is 0.632. The van der Waals surface area contributed by atoms with Gasteiger partial charge in [0, 0.05) is 62.2 Å². The molecule has 0 bridgehead atoms. The second-order valence-corrected chi connectivity index (χ2v) is 19.6. The van der Waals surface area contributed by atoms with Gasteiger partial charge in [0.25, 0.3) is 0 Å². The van der Waals surface area contributed by atoms with E-state index in [2.05, 4.69) is 218 Å². The molecule has 0 radical (unpaired) electrons. The molecule has 12 rings (SSSR count). The highest BCUT2D eigenvalue weighted by Crippen LogP contribution is 2.55. The summed E-state index contributed by atoms with van der Waals surface area (Å²) in [7, 11) is 0. The smallest absolute Gasteiger partial charge is 0.145 e. The highest BCUT2D eigenvalue weighted by Gasteiger charge is 2.38. The average molecular weight is 885 g/mol. The molecule has 314 valence electrons. The van der Waals surface area contributed by atoms with Crippen molar-refractivity contribution in [1.82, 2.24) is 9.97 Å². The molecule has 0 N–H and O–H groups in total. The van der Waals surface area contributed by atoms with Gasteiger partial charge in [-0.25, -0.2) is 9.97 Å². The predicted octanol–water partition coefficient (Wildman–Crippen LogP) is 16.0. The summed E-state index contributed by atoms with van der Waals surface area (Å²) in [6.07, 6.45) is 0. The van der Waals surface area contributed by atoms with Gasteiger partial charge < -0.3 is 9.80 Å². The van der Waals surface area contributed by atoms with Crippen LogP contribution in [0.25, 0.3) is 55.5 Å². The predicted molar refractivity (Wildman–Crippen MR) is 271 cm³/mol. The lowest BCUT2D eigenvalue weighted by Gasteiger charge is -2.42. The molecule has 0 saturated heterocycles. The van der Waals surface area contributed by atoms with E-state index in [1.807, 2.05) is 0 Å². The summed E-state index contributed by atoms with van der Waals surface area (Å²) in [6.45, 7) is 9.25. The van der Waals surface area contributed by atoms with Gasteiger partial charge in [-0.2, -0.15) is 10.5 Å². The van der Waals surface area contributed by atoms with Crippen LogP contribution in [0.3, 0.4) is 0 Å². The zero-order valence-electron chi connectivity index (χ0n) is 36.7. The number of aromatic nitrogens is 2. The van der Waals surface area contributed by atoms with Crippen LogP contribution in [0.1, 0.15) is 49.9 Å². The van der Waals surface area contributed by atoms with Crippen molar-refractivity contribution in [3.63, 3.8) is 0 Å². The molecule has 66 heavy (non-hydrogen) atoms. The van der Waals surface area contributed by atoms with Crippen molar-refractivity contribution in [2.75, 3.05) is 9.80 Å². The van der Waals surface area contributed by atoms with E-state index in [-0.39, 0.29) is 10.8 Å². The Kier molecular flexibility index (Phi) is 9.06. The van der Waals surface area contributed by atoms with Crippen LogP contribution < -0.4 is 9.80 Å². The summed E-state index contributed by atoms with van der Waals surface area (Å²) in [4.78, 5) is 14.8. The molecular formula is C58H40N6S2. The summed E-state index contributed by atoms with van der Waals surface area (Å²) >= 11 is 1.87. The number of thiocyanates is 2. The molecule has 0 saturated carbocycles. The van der Waals surface area contributed by atoms with E-state index in [4.69, 9.17) is 9.97 Å². The fourth-order valence-corrected chi connectivity index (χ4v) is 11.8. The van der Waals surface area contributed by atoms with Crippen molar-refractivity contribution in [2.45, 2.75) is 48.6 Å². The van der Waals surface area contributed by atoms with Crippen molar-refractivity contribution in [2.24, 2.45) is 0 Å². The number of hydrogen-bond acceptors (Lipinski definition) is 8. The van der Waals surface area contributed by atoms with E-state index >= 15 is 0 Å². The van der Waals surface area contributed by atoms with Gasteiger partial charge in [0.05, 0.1) is 34.1 Å². The highest BCUT2D eigenvalue weighted by atomic mass is 32.2. The van der Waals surface area contributed by atoms with Gasteiger partial charge in [-0.3, -0.25) is 0 Å². The molecule has 6 nitrogen and oxygen atoms in total. The molecule has 0 unspecified atom stereocenters. The molecule has 2 aliphatic heterocycles. The summed E-state index contributed by atoms with van der Waals surface area (Å²) in [5.41, 5.74) is 19.5. The maximum Gasteiger partial charge on any atom is 0.145 e. The Morgan fingerprint density at radius 2 is 0.697 bits per heavy atom. The summed E-state index contributed by atoms with van der Waals surface area (Å²) in [5.74, 6) is 0. The third-order valence-electron chi connectivity index (χ3n) is 13.9. The van der Waals surface area contributed by atoms with Crippen LogP contribution >= 0.6 is 23.5 Å². The Bertz CT molecular complexity index is 3250. The summed E-state index contributed by atoms with van der Waals surface area (Å²) in [5, 5.41) is 26.7. The van der Waals surface area contributed by atoms with E-state index < -0.39 is 0 Å². The first-order chi connectivity index (χ1) is 32.2. The highest BCUT2D eigenvalue weighted by molar-refractivity contribution is 8.06. The van der Waals surface area contributed by atoms with Gasteiger partial charge in [0.2, 0.25) is 0 Å². The second kappa shape index (κ2) is 15.0. The van der Waals surface area contributed by atoms with Gasteiger partial charge in [0.1, 0.15) is 20.9 Å². The Balaban J connectivity index is 1.03. The minimum Gasteiger partial charge on any atom is -0.310 e.